The van der Waals surface area contributed by atoms with Gasteiger partial charge in [-0.1, -0.05) is 13.3 Å². The van der Waals surface area contributed by atoms with Gasteiger partial charge in [0, 0.05) is 23.7 Å². The van der Waals surface area contributed by atoms with E-state index in [1.165, 1.54) is 6.42 Å². The quantitative estimate of drug-likeness (QED) is 0.767. The highest BCUT2D eigenvalue weighted by molar-refractivity contribution is 5.94. The Morgan fingerprint density at radius 1 is 1.55 bits per heavy atom. The highest BCUT2D eigenvalue weighted by Crippen LogP contribution is 2.55. The number of nitrogens with two attached hydrogens (primary N) is 1. The molecule has 0 aromatic carbocycles. The molecular formula is C15H21N3O2. The second-order valence-electron chi connectivity index (χ2n) is 6.06. The van der Waals surface area contributed by atoms with E-state index in [-0.39, 0.29) is 34.5 Å². The normalized spacial score (nSPS) is 26.7. The highest BCUT2D eigenvalue weighted by atomic mass is 16.2. The van der Waals surface area contributed by atoms with E-state index in [0.29, 0.717) is 0 Å². The fourth-order valence-electron chi connectivity index (χ4n) is 3.47. The molecule has 2 atom stereocenters. The van der Waals surface area contributed by atoms with Crippen molar-refractivity contribution in [2.24, 2.45) is 11.1 Å². The lowest BCUT2D eigenvalue weighted by molar-refractivity contribution is -0.0390. The summed E-state index contributed by atoms with van der Waals surface area (Å²) in [5.74, 6) is -0.273. The molecule has 0 saturated heterocycles. The zero-order valence-corrected chi connectivity index (χ0v) is 11.7. The van der Waals surface area contributed by atoms with Crippen LogP contribution in [0.25, 0.3) is 0 Å². The zero-order chi connectivity index (χ0) is 14.3. The average molecular weight is 275 g/mol. The molecule has 5 nitrogen and oxygen atoms in total. The Hall–Kier alpha value is -1.62. The lowest BCUT2D eigenvalue weighted by atomic mass is 9.50. The average Bonchev–Trinajstić information content (AvgIpc) is 2.36. The minimum Gasteiger partial charge on any atom is -0.348 e. The number of H-pyrrole nitrogens is 1. The van der Waals surface area contributed by atoms with Crippen LogP contribution in [-0.2, 0) is 6.42 Å². The summed E-state index contributed by atoms with van der Waals surface area (Å²) in [4.78, 5) is 26.7. The van der Waals surface area contributed by atoms with Gasteiger partial charge < -0.3 is 16.0 Å². The molecular weight excluding hydrogens is 254 g/mol. The molecule has 0 bridgehead atoms. The van der Waals surface area contributed by atoms with Crippen LogP contribution >= 0.6 is 0 Å². The molecule has 1 amide bonds. The van der Waals surface area contributed by atoms with Crippen LogP contribution in [0.3, 0.4) is 0 Å². The molecule has 20 heavy (non-hydrogen) atoms. The third kappa shape index (κ3) is 1.88. The molecule has 2 fully saturated rings. The van der Waals surface area contributed by atoms with Crippen molar-refractivity contribution >= 4 is 5.91 Å². The number of aromatic nitrogens is 1. The third-order valence-electron chi connectivity index (χ3n) is 5.13. The maximum Gasteiger partial charge on any atom is 0.260 e. The molecule has 1 aromatic rings. The lowest BCUT2D eigenvalue weighted by Crippen LogP contribution is -2.70. The highest BCUT2D eigenvalue weighted by Gasteiger charge is 2.57. The van der Waals surface area contributed by atoms with Crippen molar-refractivity contribution in [3.05, 3.63) is 33.7 Å². The molecule has 2 aliphatic rings. The first kappa shape index (κ1) is 13.4. The van der Waals surface area contributed by atoms with Gasteiger partial charge in [-0.3, -0.25) is 9.59 Å². The largest absolute Gasteiger partial charge is 0.348 e. The van der Waals surface area contributed by atoms with E-state index in [1.807, 2.05) is 6.92 Å². The maximum absolute atomic E-state index is 12.3. The number of hydrogen-bond acceptors (Lipinski definition) is 3. The number of hydrogen-bond donors (Lipinski definition) is 3. The molecule has 1 spiro atoms. The van der Waals surface area contributed by atoms with Crippen molar-refractivity contribution < 1.29 is 4.79 Å². The Labute approximate surface area is 118 Å². The van der Waals surface area contributed by atoms with Crippen LogP contribution < -0.4 is 16.6 Å². The zero-order valence-electron chi connectivity index (χ0n) is 11.7. The summed E-state index contributed by atoms with van der Waals surface area (Å²) >= 11 is 0. The molecule has 0 radical (unpaired) electrons. The van der Waals surface area contributed by atoms with Gasteiger partial charge in [-0.05, 0) is 37.3 Å². The molecule has 5 heteroatoms. The molecule has 2 saturated carbocycles. The molecule has 1 aromatic heterocycles. The Morgan fingerprint density at radius 3 is 2.85 bits per heavy atom. The molecule has 3 rings (SSSR count). The number of aromatic amines is 1. The van der Waals surface area contributed by atoms with Crippen LogP contribution in [0.5, 0.6) is 0 Å². The number of aryl methyl sites for hydroxylation is 1. The first-order valence-electron chi connectivity index (χ1n) is 7.35. The van der Waals surface area contributed by atoms with Gasteiger partial charge in [0.2, 0.25) is 0 Å². The van der Waals surface area contributed by atoms with Gasteiger partial charge in [-0.2, -0.15) is 0 Å². The van der Waals surface area contributed by atoms with Crippen molar-refractivity contribution in [2.45, 2.75) is 51.1 Å². The number of amides is 1. The van der Waals surface area contributed by atoms with Gasteiger partial charge in [-0.25, -0.2) is 0 Å². The minimum absolute atomic E-state index is 0.102. The number of carbonyl (C=O) groups is 1. The van der Waals surface area contributed by atoms with E-state index in [0.717, 1.165) is 31.2 Å². The van der Waals surface area contributed by atoms with Gasteiger partial charge in [0.1, 0.15) is 5.56 Å². The van der Waals surface area contributed by atoms with Gasteiger partial charge in [0.05, 0.1) is 0 Å². The van der Waals surface area contributed by atoms with E-state index < -0.39 is 0 Å². The Bertz CT molecular complexity index is 589. The van der Waals surface area contributed by atoms with Crippen molar-refractivity contribution in [1.29, 1.82) is 0 Å². The van der Waals surface area contributed by atoms with Gasteiger partial charge in [0.15, 0.2) is 0 Å². The molecule has 1 heterocycles. The molecule has 108 valence electrons. The number of pyridine rings is 1. The Morgan fingerprint density at radius 2 is 2.30 bits per heavy atom. The van der Waals surface area contributed by atoms with Gasteiger partial charge in [0.25, 0.3) is 11.5 Å². The van der Waals surface area contributed by atoms with Crippen LogP contribution in [0.2, 0.25) is 0 Å². The van der Waals surface area contributed by atoms with E-state index in [2.05, 4.69) is 10.3 Å². The number of nitrogens with one attached hydrogen (secondary N) is 2. The summed E-state index contributed by atoms with van der Waals surface area (Å²) in [6.07, 6.45) is 6.62. The van der Waals surface area contributed by atoms with Crippen molar-refractivity contribution in [3.8, 4) is 0 Å². The Balaban J connectivity index is 1.76. The van der Waals surface area contributed by atoms with Gasteiger partial charge in [-0.15, -0.1) is 0 Å². The Kier molecular flexibility index (Phi) is 3.17. The second kappa shape index (κ2) is 4.74. The molecule has 0 aliphatic heterocycles. The standard InChI is InChI=1S/C15H21N3O2/c1-2-9-6-10(13(19)17-8-9)14(20)18-12-7-11(16)15(12)4-3-5-15/h6,8,11-12H,2-5,7,16H2,1H3,(H,17,19)(H,18,20). The monoisotopic (exact) mass is 275 g/mol. The van der Waals surface area contributed by atoms with E-state index in [4.69, 9.17) is 5.73 Å². The number of rotatable bonds is 3. The summed E-state index contributed by atoms with van der Waals surface area (Å²) in [5, 5.41) is 3.01. The van der Waals surface area contributed by atoms with Crippen molar-refractivity contribution in [2.75, 3.05) is 0 Å². The summed E-state index contributed by atoms with van der Waals surface area (Å²) < 4.78 is 0. The van der Waals surface area contributed by atoms with Gasteiger partial charge >= 0.3 is 0 Å². The fraction of sp³-hybridized carbons (Fsp3) is 0.600. The lowest BCUT2D eigenvalue weighted by Gasteiger charge is -2.60. The van der Waals surface area contributed by atoms with Crippen LogP contribution in [-0.4, -0.2) is 23.0 Å². The topological polar surface area (TPSA) is 88.0 Å². The first-order chi connectivity index (χ1) is 9.56. The summed E-state index contributed by atoms with van der Waals surface area (Å²) in [7, 11) is 0. The summed E-state index contributed by atoms with van der Waals surface area (Å²) in [6, 6.07) is 2.01. The van der Waals surface area contributed by atoms with E-state index >= 15 is 0 Å². The predicted octanol–water partition coefficient (Wildman–Crippen LogP) is 0.937. The van der Waals surface area contributed by atoms with Crippen molar-refractivity contribution in [1.82, 2.24) is 10.3 Å². The fourth-order valence-corrected chi connectivity index (χ4v) is 3.47. The van der Waals surface area contributed by atoms with E-state index in [9.17, 15) is 9.59 Å². The third-order valence-corrected chi connectivity index (χ3v) is 5.13. The van der Waals surface area contributed by atoms with Crippen molar-refractivity contribution in [3.63, 3.8) is 0 Å². The van der Waals surface area contributed by atoms with Crippen LogP contribution in [0.4, 0.5) is 0 Å². The summed E-state index contributed by atoms with van der Waals surface area (Å²) in [6.45, 7) is 1.99. The van der Waals surface area contributed by atoms with Crippen LogP contribution in [0.1, 0.15) is 48.5 Å². The maximum atomic E-state index is 12.3. The predicted molar refractivity (Wildman–Crippen MR) is 76.6 cm³/mol. The summed E-state index contributed by atoms with van der Waals surface area (Å²) in [5.41, 5.74) is 7.02. The second-order valence-corrected chi connectivity index (χ2v) is 6.06. The smallest absolute Gasteiger partial charge is 0.260 e. The van der Waals surface area contributed by atoms with Crippen LogP contribution in [0.15, 0.2) is 17.1 Å². The number of carbonyl (C=O) groups excluding carboxylic acids is 1. The minimum atomic E-state index is -0.328. The van der Waals surface area contributed by atoms with E-state index in [1.54, 1.807) is 12.3 Å². The van der Waals surface area contributed by atoms with Crippen LogP contribution in [0, 0.1) is 5.41 Å². The molecule has 2 aliphatic carbocycles. The molecule has 2 unspecified atom stereocenters. The first-order valence-corrected chi connectivity index (χ1v) is 7.35. The SMILES string of the molecule is CCc1c[nH]c(=O)c(C(=O)NC2CC(N)C23CCC3)c1. The molecule has 4 N–H and O–H groups in total.